The van der Waals surface area contributed by atoms with Gasteiger partial charge >= 0.3 is 0 Å². The number of Topliss-reactive ketones (excluding diaryl/α,β-unsaturated/α-hetero) is 1. The van der Waals surface area contributed by atoms with Gasteiger partial charge in [0, 0.05) is 21.9 Å². The van der Waals surface area contributed by atoms with E-state index < -0.39 is 5.41 Å². The number of carbonyl (C=O) groups excluding carboxylic acids is 3. The van der Waals surface area contributed by atoms with Crippen LogP contribution in [0.4, 0.5) is 0 Å². The van der Waals surface area contributed by atoms with E-state index in [1.165, 1.54) is 0 Å². The van der Waals surface area contributed by atoms with E-state index in [0.29, 0.717) is 27.9 Å². The van der Waals surface area contributed by atoms with Gasteiger partial charge in [0.25, 0.3) is 0 Å². The third-order valence-electron chi connectivity index (χ3n) is 6.57. The molecule has 0 saturated carbocycles. The Morgan fingerprint density at radius 3 is 1.97 bits per heavy atom. The molecule has 0 aliphatic heterocycles. The number of hydrogen-bond acceptors (Lipinski definition) is 3. The molecule has 0 amide bonds. The van der Waals surface area contributed by atoms with Crippen molar-refractivity contribution < 1.29 is 14.4 Å². The lowest BCUT2D eigenvalue weighted by Gasteiger charge is -2.20. The molecule has 1 aliphatic rings. The van der Waals surface area contributed by atoms with Gasteiger partial charge in [-0.15, -0.1) is 0 Å². The largest absolute Gasteiger partial charge is 0.305 e. The van der Waals surface area contributed by atoms with E-state index in [1.807, 2.05) is 73.7 Å². The van der Waals surface area contributed by atoms with E-state index in [2.05, 4.69) is 0 Å². The van der Waals surface area contributed by atoms with Crippen molar-refractivity contribution in [1.29, 1.82) is 0 Å². The standard InChI is InChI=1S/C29H21NO3/c1-29(2,3)28(33)25-24-23(26(31)19-10-6-7-11-20(19)27(24)32)22-15-13-18-17-9-5-4-8-16(17)12-14-21(18)30(22)25/h4-15H,1-3H3. The van der Waals surface area contributed by atoms with Gasteiger partial charge in [0.15, 0.2) is 17.3 Å². The summed E-state index contributed by atoms with van der Waals surface area (Å²) in [6.07, 6.45) is 0. The van der Waals surface area contributed by atoms with Crippen LogP contribution in [0.1, 0.15) is 63.1 Å². The Balaban J connectivity index is 1.84. The number of rotatable bonds is 1. The van der Waals surface area contributed by atoms with Crippen LogP contribution in [-0.4, -0.2) is 21.8 Å². The molecule has 2 aromatic heterocycles. The number of pyridine rings is 1. The molecule has 160 valence electrons. The number of nitrogens with zero attached hydrogens (tertiary/aromatic N) is 1. The number of aromatic nitrogens is 1. The van der Waals surface area contributed by atoms with Crippen LogP contribution in [0.3, 0.4) is 0 Å². The summed E-state index contributed by atoms with van der Waals surface area (Å²) in [6.45, 7) is 5.51. The van der Waals surface area contributed by atoms with E-state index in [1.54, 1.807) is 24.3 Å². The second kappa shape index (κ2) is 6.48. The molecule has 33 heavy (non-hydrogen) atoms. The molecule has 0 unspecified atom stereocenters. The zero-order chi connectivity index (χ0) is 23.1. The first-order valence-electron chi connectivity index (χ1n) is 11.0. The summed E-state index contributed by atoms with van der Waals surface area (Å²) in [5.41, 5.74) is 2.23. The van der Waals surface area contributed by atoms with Gasteiger partial charge in [-0.3, -0.25) is 14.4 Å². The molecule has 0 spiro atoms. The number of benzene rings is 3. The number of hydrogen-bond donors (Lipinski definition) is 0. The van der Waals surface area contributed by atoms with Crippen LogP contribution in [0, 0.1) is 5.41 Å². The predicted molar refractivity (Wildman–Crippen MR) is 130 cm³/mol. The molecule has 2 heterocycles. The Labute approximate surface area is 190 Å². The van der Waals surface area contributed by atoms with Crippen molar-refractivity contribution in [1.82, 2.24) is 4.40 Å². The summed E-state index contributed by atoms with van der Waals surface area (Å²) >= 11 is 0. The van der Waals surface area contributed by atoms with Gasteiger partial charge in [-0.25, -0.2) is 0 Å². The van der Waals surface area contributed by atoms with Crippen molar-refractivity contribution in [3.8, 4) is 0 Å². The first-order chi connectivity index (χ1) is 15.8. The lowest BCUT2D eigenvalue weighted by molar-refractivity contribution is 0.0846. The maximum absolute atomic E-state index is 13.8. The highest BCUT2D eigenvalue weighted by atomic mass is 16.1. The van der Waals surface area contributed by atoms with Gasteiger partial charge in [0.05, 0.1) is 22.2 Å². The molecule has 0 fully saturated rings. The summed E-state index contributed by atoms with van der Waals surface area (Å²) < 4.78 is 1.84. The molecule has 6 rings (SSSR count). The lowest BCUT2D eigenvalue weighted by atomic mass is 9.81. The smallest absolute Gasteiger partial charge is 0.196 e. The summed E-state index contributed by atoms with van der Waals surface area (Å²) in [7, 11) is 0. The fourth-order valence-corrected chi connectivity index (χ4v) is 4.98. The highest BCUT2D eigenvalue weighted by Crippen LogP contribution is 2.39. The maximum Gasteiger partial charge on any atom is 0.196 e. The van der Waals surface area contributed by atoms with Crippen LogP contribution < -0.4 is 0 Å². The number of ketones is 3. The highest BCUT2D eigenvalue weighted by molar-refractivity contribution is 6.34. The number of fused-ring (bicyclic) bond motifs is 8. The van der Waals surface area contributed by atoms with Crippen molar-refractivity contribution in [3.05, 3.63) is 101 Å². The first kappa shape index (κ1) is 19.6. The Bertz CT molecular complexity index is 1700. The average molecular weight is 431 g/mol. The summed E-state index contributed by atoms with van der Waals surface area (Å²) in [4.78, 5) is 41.1. The first-order valence-corrected chi connectivity index (χ1v) is 11.0. The second-order valence-electron chi connectivity index (χ2n) is 9.66. The molecule has 1 aliphatic carbocycles. The normalized spacial score (nSPS) is 13.5. The Morgan fingerprint density at radius 1 is 0.667 bits per heavy atom. The monoisotopic (exact) mass is 431 g/mol. The predicted octanol–water partition coefficient (Wildman–Crippen LogP) is 6.25. The van der Waals surface area contributed by atoms with Crippen LogP contribution in [0.15, 0.2) is 72.8 Å². The molecule has 0 atom stereocenters. The minimum Gasteiger partial charge on any atom is -0.305 e. The quantitative estimate of drug-likeness (QED) is 0.228. The molecule has 4 nitrogen and oxygen atoms in total. The average Bonchev–Trinajstić information content (AvgIpc) is 3.17. The maximum atomic E-state index is 13.8. The van der Waals surface area contributed by atoms with Crippen LogP contribution >= 0.6 is 0 Å². The lowest BCUT2D eigenvalue weighted by Crippen LogP contribution is -2.26. The minimum absolute atomic E-state index is 0.167. The zero-order valence-electron chi connectivity index (χ0n) is 18.6. The Kier molecular flexibility index (Phi) is 3.86. The van der Waals surface area contributed by atoms with Gasteiger partial charge in [-0.2, -0.15) is 0 Å². The Morgan fingerprint density at radius 2 is 1.27 bits per heavy atom. The minimum atomic E-state index is -0.735. The molecule has 0 N–H and O–H groups in total. The topological polar surface area (TPSA) is 55.6 Å². The van der Waals surface area contributed by atoms with Crippen LogP contribution in [0.2, 0.25) is 0 Å². The fourth-order valence-electron chi connectivity index (χ4n) is 4.98. The van der Waals surface area contributed by atoms with Gasteiger partial charge in [-0.1, -0.05) is 81.4 Å². The summed E-state index contributed by atoms with van der Waals surface area (Å²) in [5, 5.41) is 3.11. The Hall–Kier alpha value is -4.05. The number of carbonyl (C=O) groups is 3. The fraction of sp³-hybridized carbons (Fsp3) is 0.138. The van der Waals surface area contributed by atoms with Crippen molar-refractivity contribution in [2.45, 2.75) is 20.8 Å². The van der Waals surface area contributed by atoms with Crippen molar-refractivity contribution in [2.24, 2.45) is 5.41 Å². The molecule has 0 saturated heterocycles. The summed E-state index contributed by atoms with van der Waals surface area (Å²) in [5.74, 6) is -0.656. The molecular weight excluding hydrogens is 410 g/mol. The van der Waals surface area contributed by atoms with Crippen molar-refractivity contribution in [2.75, 3.05) is 0 Å². The van der Waals surface area contributed by atoms with Gasteiger partial charge in [-0.05, 0) is 22.9 Å². The highest BCUT2D eigenvalue weighted by Gasteiger charge is 2.40. The van der Waals surface area contributed by atoms with Crippen LogP contribution in [0.25, 0.3) is 27.2 Å². The molecule has 3 aromatic carbocycles. The molecule has 0 radical (unpaired) electrons. The van der Waals surface area contributed by atoms with E-state index in [9.17, 15) is 14.4 Å². The third-order valence-corrected chi connectivity index (χ3v) is 6.57. The van der Waals surface area contributed by atoms with E-state index in [-0.39, 0.29) is 22.9 Å². The SMILES string of the molecule is CC(C)(C)C(=O)c1c2c(c3ccc4c5ccccc5ccc4n13)C(=O)c1ccccc1C2=O. The molecule has 4 heteroatoms. The van der Waals surface area contributed by atoms with Crippen molar-refractivity contribution >= 4 is 44.5 Å². The third kappa shape index (κ3) is 2.55. The van der Waals surface area contributed by atoms with Gasteiger partial charge in [0.1, 0.15) is 5.69 Å². The van der Waals surface area contributed by atoms with E-state index >= 15 is 0 Å². The van der Waals surface area contributed by atoms with E-state index in [4.69, 9.17) is 0 Å². The van der Waals surface area contributed by atoms with Crippen molar-refractivity contribution in [3.63, 3.8) is 0 Å². The van der Waals surface area contributed by atoms with Gasteiger partial charge in [0.2, 0.25) is 0 Å². The molecule has 5 aromatic rings. The second-order valence-corrected chi connectivity index (χ2v) is 9.66. The summed E-state index contributed by atoms with van der Waals surface area (Å²) in [6, 6.07) is 22.8. The van der Waals surface area contributed by atoms with Crippen LogP contribution in [-0.2, 0) is 0 Å². The molecule has 0 bridgehead atoms. The van der Waals surface area contributed by atoms with Gasteiger partial charge < -0.3 is 4.40 Å². The van der Waals surface area contributed by atoms with E-state index in [0.717, 1.165) is 21.7 Å². The molecular formula is C29H21NO3. The van der Waals surface area contributed by atoms with Crippen LogP contribution in [0.5, 0.6) is 0 Å². The zero-order valence-corrected chi connectivity index (χ0v) is 18.6.